The van der Waals surface area contributed by atoms with Gasteiger partial charge < -0.3 is 0 Å². The summed E-state index contributed by atoms with van der Waals surface area (Å²) in [5, 5.41) is 0. The first-order chi connectivity index (χ1) is 12.0. The number of hydrogen-bond donors (Lipinski definition) is 0. The third-order valence-corrected chi connectivity index (χ3v) is 5.73. The van der Waals surface area contributed by atoms with Gasteiger partial charge in [-0.05, 0) is 0 Å². The summed E-state index contributed by atoms with van der Waals surface area (Å²) in [6.07, 6.45) is 0. The average molecular weight is 365 g/mol. The van der Waals surface area contributed by atoms with Crippen LogP contribution in [0.5, 0.6) is 0 Å². The van der Waals surface area contributed by atoms with E-state index in [1.165, 1.54) is 8.61 Å². The Morgan fingerprint density at radius 3 is 0.760 bits per heavy atom. The minimum Gasteiger partial charge on any atom is -0.195 e. The van der Waals surface area contributed by atoms with Gasteiger partial charge in [0.05, 0.1) is 0 Å². The van der Waals surface area contributed by atoms with E-state index in [2.05, 4.69) is 0 Å². The predicted octanol–water partition coefficient (Wildman–Crippen LogP) is 4.29. The van der Waals surface area contributed by atoms with Crippen molar-refractivity contribution >= 4 is 10.2 Å². The van der Waals surface area contributed by atoms with Crippen LogP contribution in [0.3, 0.4) is 0 Å². The molecule has 2 aromatic rings. The Bertz CT molecular complexity index is 493. The van der Waals surface area contributed by atoms with E-state index in [1.54, 1.807) is 0 Å². The average Bonchev–Trinajstić information content (AvgIpc) is 2.67. The van der Waals surface area contributed by atoms with Gasteiger partial charge in [-0.25, -0.2) is 0 Å². The largest absolute Gasteiger partial charge is 0.281 e. The van der Waals surface area contributed by atoms with Crippen LogP contribution >= 0.6 is 0 Å². The van der Waals surface area contributed by atoms with Crippen LogP contribution in [0.25, 0.3) is 0 Å². The molecule has 0 saturated carbocycles. The van der Waals surface area contributed by atoms with E-state index in [4.69, 9.17) is 0 Å². The Morgan fingerprint density at radius 2 is 0.640 bits per heavy atom. The van der Waals surface area contributed by atoms with Crippen LogP contribution in [-0.2, 0) is 10.2 Å². The highest BCUT2D eigenvalue weighted by Crippen LogP contribution is 2.06. The van der Waals surface area contributed by atoms with Gasteiger partial charge in [-0.15, -0.1) is 0 Å². The minimum atomic E-state index is -3.20. The summed E-state index contributed by atoms with van der Waals surface area (Å²) in [5.74, 6) is 0. The lowest BCUT2D eigenvalue weighted by Gasteiger charge is -2.26. The summed E-state index contributed by atoms with van der Waals surface area (Å²) in [6, 6.07) is 24.0. The molecule has 0 heterocycles. The summed E-state index contributed by atoms with van der Waals surface area (Å²) in [6.45, 7) is 9.56. The van der Waals surface area contributed by atoms with Crippen molar-refractivity contribution < 1.29 is 8.42 Å². The molecule has 0 bridgehead atoms. The molecule has 0 aliphatic heterocycles. The summed E-state index contributed by atoms with van der Waals surface area (Å²) in [5.41, 5.74) is 0. The molecule has 0 unspecified atom stereocenters. The molecule has 0 fully saturated rings. The van der Waals surface area contributed by atoms with Crippen LogP contribution in [0, 0.1) is 0 Å². The van der Waals surface area contributed by atoms with E-state index in [-0.39, 0.29) is 0 Å². The van der Waals surface area contributed by atoms with Crippen molar-refractivity contribution in [2.24, 2.45) is 0 Å². The van der Waals surface area contributed by atoms with Crippen molar-refractivity contribution in [3.8, 4) is 0 Å². The fourth-order valence-corrected chi connectivity index (χ4v) is 3.66. The van der Waals surface area contributed by atoms with E-state index in [1.807, 2.05) is 100 Å². The first-order valence-corrected chi connectivity index (χ1v) is 10.2. The fourth-order valence-electron chi connectivity index (χ4n) is 2.03. The van der Waals surface area contributed by atoms with Gasteiger partial charge >= 0.3 is 0 Å². The van der Waals surface area contributed by atoms with Crippen LogP contribution in [-0.4, -0.2) is 43.2 Å². The molecule has 2 aromatic carbocycles. The third-order valence-electron chi connectivity index (χ3n) is 3.40. The molecule has 2 rings (SSSR count). The second-order valence-corrected chi connectivity index (χ2v) is 6.91. The zero-order chi connectivity index (χ0) is 19.0. The maximum absolute atomic E-state index is 11.8. The summed E-state index contributed by atoms with van der Waals surface area (Å²) >= 11 is 0. The molecule has 140 valence electrons. The number of hydrogen-bond acceptors (Lipinski definition) is 2. The van der Waals surface area contributed by atoms with Crippen molar-refractivity contribution in [1.29, 1.82) is 0 Å². The molecule has 25 heavy (non-hydrogen) atoms. The van der Waals surface area contributed by atoms with Crippen LogP contribution in [0.2, 0.25) is 0 Å². The molecule has 0 spiro atoms. The summed E-state index contributed by atoms with van der Waals surface area (Å²) < 4.78 is 26.6. The van der Waals surface area contributed by atoms with Gasteiger partial charge in [-0.2, -0.15) is 17.0 Å². The highest BCUT2D eigenvalue weighted by molar-refractivity contribution is 7.86. The highest BCUT2D eigenvalue weighted by Gasteiger charge is 2.24. The zero-order valence-corrected chi connectivity index (χ0v) is 16.7. The second kappa shape index (κ2) is 14.6. The SMILES string of the molecule is CCN(CC)S(=O)(=O)N(CC)CC.c1ccccc1.c1ccccc1. The molecule has 0 amide bonds. The van der Waals surface area contributed by atoms with Gasteiger partial charge in [-0.3, -0.25) is 0 Å². The quantitative estimate of drug-likeness (QED) is 0.767. The van der Waals surface area contributed by atoms with E-state index in [9.17, 15) is 8.42 Å². The number of nitrogens with zero attached hydrogens (tertiary/aromatic N) is 2. The van der Waals surface area contributed by atoms with E-state index >= 15 is 0 Å². The first-order valence-electron chi connectivity index (χ1n) is 8.79. The Kier molecular flexibility index (Phi) is 13.6. The topological polar surface area (TPSA) is 40.6 Å². The van der Waals surface area contributed by atoms with Crippen LogP contribution in [0.1, 0.15) is 27.7 Å². The first kappa shape index (κ1) is 23.3. The van der Waals surface area contributed by atoms with Crippen LogP contribution in [0.15, 0.2) is 72.8 Å². The molecule has 0 saturated heterocycles. The van der Waals surface area contributed by atoms with Crippen molar-refractivity contribution in [2.45, 2.75) is 27.7 Å². The molecule has 0 aliphatic rings. The number of rotatable bonds is 6. The van der Waals surface area contributed by atoms with E-state index in [0.29, 0.717) is 26.2 Å². The third kappa shape index (κ3) is 10.0. The molecule has 5 heteroatoms. The molecule has 0 radical (unpaired) electrons. The predicted molar refractivity (Wildman–Crippen MR) is 108 cm³/mol. The maximum atomic E-state index is 11.8. The van der Waals surface area contributed by atoms with E-state index in [0.717, 1.165) is 0 Å². The monoisotopic (exact) mass is 364 g/mol. The molecular weight excluding hydrogens is 332 g/mol. The van der Waals surface area contributed by atoms with Gasteiger partial charge in [0.1, 0.15) is 0 Å². The molecule has 4 nitrogen and oxygen atoms in total. The standard InChI is InChI=1S/C8H20N2O2S.2C6H6/c1-5-9(6-2)13(11,12)10(7-3)8-4;2*1-2-4-6-5-3-1/h5-8H2,1-4H3;2*1-6H. The Labute approximate surface area is 154 Å². The van der Waals surface area contributed by atoms with Gasteiger partial charge in [0.25, 0.3) is 10.2 Å². The van der Waals surface area contributed by atoms with Crippen molar-refractivity contribution in [1.82, 2.24) is 8.61 Å². The minimum absolute atomic E-state index is 0.537. The fraction of sp³-hybridized carbons (Fsp3) is 0.400. The van der Waals surface area contributed by atoms with Crippen molar-refractivity contribution in [3.05, 3.63) is 72.8 Å². The Balaban J connectivity index is 0.000000392. The molecule has 0 aromatic heterocycles. The van der Waals surface area contributed by atoms with Gasteiger partial charge in [-0.1, -0.05) is 100 Å². The van der Waals surface area contributed by atoms with Crippen LogP contribution in [0.4, 0.5) is 0 Å². The van der Waals surface area contributed by atoms with Gasteiger partial charge in [0, 0.05) is 26.2 Å². The lowest BCUT2D eigenvalue weighted by atomic mass is 10.4. The van der Waals surface area contributed by atoms with E-state index < -0.39 is 10.2 Å². The van der Waals surface area contributed by atoms with Crippen molar-refractivity contribution in [2.75, 3.05) is 26.2 Å². The smallest absolute Gasteiger partial charge is 0.195 e. The number of benzene rings is 2. The van der Waals surface area contributed by atoms with Gasteiger partial charge in [0.2, 0.25) is 0 Å². The summed E-state index contributed by atoms with van der Waals surface area (Å²) in [4.78, 5) is 0. The zero-order valence-electron chi connectivity index (χ0n) is 15.9. The Hall–Kier alpha value is -1.69. The maximum Gasteiger partial charge on any atom is 0.281 e. The normalized spacial score (nSPS) is 10.5. The second-order valence-electron chi connectivity index (χ2n) is 4.99. The van der Waals surface area contributed by atoms with Crippen LogP contribution < -0.4 is 0 Å². The summed E-state index contributed by atoms with van der Waals surface area (Å²) in [7, 11) is -3.20. The highest BCUT2D eigenvalue weighted by atomic mass is 32.2. The lowest BCUT2D eigenvalue weighted by Crippen LogP contribution is -2.43. The lowest BCUT2D eigenvalue weighted by molar-refractivity contribution is 0.365. The van der Waals surface area contributed by atoms with Gasteiger partial charge in [0.15, 0.2) is 0 Å². The molecule has 0 aliphatic carbocycles. The molecule has 0 atom stereocenters. The Morgan fingerprint density at radius 1 is 0.480 bits per heavy atom. The molecular formula is C20H32N2O2S. The van der Waals surface area contributed by atoms with Crippen molar-refractivity contribution in [3.63, 3.8) is 0 Å². The molecule has 0 N–H and O–H groups in total.